The average molecular weight is 561 g/mol. The number of hydrogen-bond acceptors (Lipinski definition) is 0. The predicted octanol–water partition coefficient (Wildman–Crippen LogP) is 12.7. The normalized spacial score (nSPS) is 12.4. The quantitative estimate of drug-likeness (QED) is 0.184. The van der Waals surface area contributed by atoms with E-state index in [2.05, 4.69) is 160 Å². The lowest BCUT2D eigenvalue weighted by atomic mass is 9.82. The lowest BCUT2D eigenvalue weighted by Crippen LogP contribution is -2.10. The van der Waals surface area contributed by atoms with Gasteiger partial charge in [-0.2, -0.15) is 0 Å². The largest absolute Gasteiger partial charge is 0.0616 e. The SMILES string of the molecule is CC(C)(C)c1cc2ccc3ccc(-c4ccc(-c5ccc6c(ccc7ccccc76)c5)c5ccccc45)c4ccc(c1)c2c34. The van der Waals surface area contributed by atoms with Gasteiger partial charge in [0.05, 0.1) is 0 Å². The van der Waals surface area contributed by atoms with Crippen molar-refractivity contribution in [2.24, 2.45) is 0 Å². The molecule has 0 N–H and O–H groups in total. The standard InChI is InChI=1S/C44H32/c1-44(2,3)33-25-31-15-13-28-16-20-40(41-21-18-32(26-33)42(31)43(28)41)39-23-22-36(37-10-6-7-11-38(37)39)30-17-19-35-29(24-30)14-12-27-8-4-5-9-34(27)35/h4-26H,1-3H3. The summed E-state index contributed by atoms with van der Waals surface area (Å²) in [6.45, 7) is 6.89. The molecule has 0 bridgehead atoms. The summed E-state index contributed by atoms with van der Waals surface area (Å²) in [5, 5.41) is 15.7. The van der Waals surface area contributed by atoms with Crippen molar-refractivity contribution in [2.75, 3.05) is 0 Å². The van der Waals surface area contributed by atoms with Gasteiger partial charge in [0.25, 0.3) is 0 Å². The maximum Gasteiger partial charge on any atom is -0.00206 e. The third-order valence-electron chi connectivity index (χ3n) is 9.74. The van der Waals surface area contributed by atoms with Gasteiger partial charge in [-0.15, -0.1) is 0 Å². The van der Waals surface area contributed by atoms with Crippen molar-refractivity contribution in [1.29, 1.82) is 0 Å². The van der Waals surface area contributed by atoms with Gasteiger partial charge >= 0.3 is 0 Å². The molecule has 0 atom stereocenters. The number of hydrogen-bond donors (Lipinski definition) is 0. The van der Waals surface area contributed by atoms with Crippen LogP contribution in [-0.2, 0) is 5.41 Å². The molecule has 0 aliphatic rings. The number of rotatable bonds is 2. The number of benzene rings is 9. The predicted molar refractivity (Wildman–Crippen MR) is 192 cm³/mol. The Bertz CT molecular complexity index is 2560. The molecule has 9 aromatic rings. The third kappa shape index (κ3) is 3.71. The molecule has 0 saturated carbocycles. The first-order chi connectivity index (χ1) is 21.4. The average Bonchev–Trinajstić information content (AvgIpc) is 3.05. The fourth-order valence-electron chi connectivity index (χ4n) is 7.45. The van der Waals surface area contributed by atoms with Gasteiger partial charge in [-0.1, -0.05) is 154 Å². The molecule has 0 amide bonds. The van der Waals surface area contributed by atoms with Crippen molar-refractivity contribution in [2.45, 2.75) is 26.2 Å². The first-order valence-corrected chi connectivity index (χ1v) is 15.6. The van der Waals surface area contributed by atoms with E-state index in [4.69, 9.17) is 0 Å². The molecule has 0 fully saturated rings. The Hall–Kier alpha value is -5.20. The van der Waals surface area contributed by atoms with Gasteiger partial charge in [0.15, 0.2) is 0 Å². The minimum absolute atomic E-state index is 0.106. The molecule has 0 heterocycles. The van der Waals surface area contributed by atoms with Gasteiger partial charge in [0, 0.05) is 0 Å². The highest BCUT2D eigenvalue weighted by molar-refractivity contribution is 6.26. The van der Waals surface area contributed by atoms with Crippen LogP contribution in [0, 0.1) is 0 Å². The molecule has 9 aromatic carbocycles. The van der Waals surface area contributed by atoms with Gasteiger partial charge in [0.1, 0.15) is 0 Å². The van der Waals surface area contributed by atoms with Crippen LogP contribution in [0.3, 0.4) is 0 Å². The summed E-state index contributed by atoms with van der Waals surface area (Å²) in [7, 11) is 0. The van der Waals surface area contributed by atoms with E-state index < -0.39 is 0 Å². The Morgan fingerprint density at radius 2 is 0.864 bits per heavy atom. The second-order valence-corrected chi connectivity index (χ2v) is 13.4. The van der Waals surface area contributed by atoms with Crippen LogP contribution in [0.1, 0.15) is 26.3 Å². The maximum absolute atomic E-state index is 2.39. The van der Waals surface area contributed by atoms with Crippen molar-refractivity contribution in [3.8, 4) is 22.3 Å². The molecular formula is C44H32. The van der Waals surface area contributed by atoms with E-state index >= 15 is 0 Å². The lowest BCUT2D eigenvalue weighted by molar-refractivity contribution is 0.591. The Balaban J connectivity index is 1.26. The molecule has 0 aliphatic heterocycles. The summed E-state index contributed by atoms with van der Waals surface area (Å²) in [5.41, 5.74) is 6.58. The van der Waals surface area contributed by atoms with E-state index in [0.717, 1.165) is 0 Å². The van der Waals surface area contributed by atoms with Gasteiger partial charge in [-0.3, -0.25) is 0 Å². The van der Waals surface area contributed by atoms with Crippen molar-refractivity contribution in [1.82, 2.24) is 0 Å². The van der Waals surface area contributed by atoms with Crippen molar-refractivity contribution >= 4 is 64.6 Å². The summed E-state index contributed by atoms with van der Waals surface area (Å²) >= 11 is 0. The Morgan fingerprint density at radius 3 is 1.66 bits per heavy atom. The zero-order valence-corrected chi connectivity index (χ0v) is 25.3. The fraction of sp³-hybridized carbons (Fsp3) is 0.0909. The summed E-state index contributed by atoms with van der Waals surface area (Å²) in [6, 6.07) is 52.4. The van der Waals surface area contributed by atoms with Crippen LogP contribution in [-0.4, -0.2) is 0 Å². The van der Waals surface area contributed by atoms with Crippen LogP contribution in [0.25, 0.3) is 86.9 Å². The third-order valence-corrected chi connectivity index (χ3v) is 9.74. The maximum atomic E-state index is 2.39. The molecule has 208 valence electrons. The van der Waals surface area contributed by atoms with Crippen LogP contribution in [0.5, 0.6) is 0 Å². The smallest absolute Gasteiger partial charge is 0.00206 e. The molecular weight excluding hydrogens is 528 g/mol. The molecule has 0 aliphatic carbocycles. The minimum Gasteiger partial charge on any atom is -0.0616 e. The van der Waals surface area contributed by atoms with Crippen LogP contribution in [0.2, 0.25) is 0 Å². The van der Waals surface area contributed by atoms with Crippen molar-refractivity contribution in [3.05, 3.63) is 145 Å². The first kappa shape index (κ1) is 25.3. The molecule has 0 radical (unpaired) electrons. The van der Waals surface area contributed by atoms with E-state index in [1.54, 1.807) is 0 Å². The molecule has 0 spiro atoms. The van der Waals surface area contributed by atoms with E-state index in [1.807, 2.05) is 0 Å². The van der Waals surface area contributed by atoms with Gasteiger partial charge in [-0.25, -0.2) is 0 Å². The summed E-state index contributed by atoms with van der Waals surface area (Å²) in [6.07, 6.45) is 0. The monoisotopic (exact) mass is 560 g/mol. The highest BCUT2D eigenvalue weighted by atomic mass is 14.2. The van der Waals surface area contributed by atoms with E-state index in [9.17, 15) is 0 Å². The Labute approximate surface area is 257 Å². The second-order valence-electron chi connectivity index (χ2n) is 13.4. The highest BCUT2D eigenvalue weighted by Crippen LogP contribution is 2.44. The Kier molecular flexibility index (Phi) is 5.26. The zero-order valence-electron chi connectivity index (χ0n) is 25.3. The van der Waals surface area contributed by atoms with Crippen LogP contribution in [0.15, 0.2) is 140 Å². The van der Waals surface area contributed by atoms with E-state index in [-0.39, 0.29) is 5.41 Å². The van der Waals surface area contributed by atoms with Crippen LogP contribution < -0.4 is 0 Å². The molecule has 0 heteroatoms. The summed E-state index contributed by atoms with van der Waals surface area (Å²) in [5.74, 6) is 0. The molecule has 0 aromatic heterocycles. The molecule has 0 unspecified atom stereocenters. The van der Waals surface area contributed by atoms with Gasteiger partial charge in [0.2, 0.25) is 0 Å². The zero-order chi connectivity index (χ0) is 29.6. The second kappa shape index (κ2) is 9.15. The van der Waals surface area contributed by atoms with Gasteiger partial charge < -0.3 is 0 Å². The molecule has 9 rings (SSSR count). The van der Waals surface area contributed by atoms with E-state index in [1.165, 1.54) is 92.5 Å². The number of fused-ring (bicyclic) bond motifs is 4. The minimum atomic E-state index is 0.106. The van der Waals surface area contributed by atoms with Crippen molar-refractivity contribution in [3.63, 3.8) is 0 Å². The molecule has 0 saturated heterocycles. The van der Waals surface area contributed by atoms with Crippen LogP contribution >= 0.6 is 0 Å². The summed E-state index contributed by atoms with van der Waals surface area (Å²) < 4.78 is 0. The lowest BCUT2D eigenvalue weighted by Gasteiger charge is -2.22. The molecule has 44 heavy (non-hydrogen) atoms. The first-order valence-electron chi connectivity index (χ1n) is 15.6. The van der Waals surface area contributed by atoms with Crippen LogP contribution in [0.4, 0.5) is 0 Å². The Morgan fingerprint density at radius 1 is 0.341 bits per heavy atom. The van der Waals surface area contributed by atoms with Crippen molar-refractivity contribution < 1.29 is 0 Å². The highest BCUT2D eigenvalue weighted by Gasteiger charge is 2.19. The topological polar surface area (TPSA) is 0 Å². The summed E-state index contributed by atoms with van der Waals surface area (Å²) in [4.78, 5) is 0. The molecule has 0 nitrogen and oxygen atoms in total. The fourth-order valence-corrected chi connectivity index (χ4v) is 7.45. The van der Waals surface area contributed by atoms with Gasteiger partial charge in [-0.05, 0) is 104 Å². The van der Waals surface area contributed by atoms with E-state index in [0.29, 0.717) is 0 Å².